The Balaban J connectivity index is 1.74. The summed E-state index contributed by atoms with van der Waals surface area (Å²) in [6.45, 7) is 5.70. The smallest absolute Gasteiger partial charge is 0.216 e. The molecule has 5 nitrogen and oxygen atoms in total. The number of benzene rings is 1. The normalized spacial score (nSPS) is 17.1. The molecule has 1 atom stereocenters. The Morgan fingerprint density at radius 1 is 1.38 bits per heavy atom. The summed E-state index contributed by atoms with van der Waals surface area (Å²) in [6.07, 6.45) is 2.53. The van der Waals surface area contributed by atoms with Gasteiger partial charge in [0.1, 0.15) is 18.0 Å². The molecule has 1 saturated heterocycles. The van der Waals surface area contributed by atoms with Gasteiger partial charge in [0.05, 0.1) is 5.69 Å². The molecule has 0 saturated carbocycles. The third-order valence-corrected chi connectivity index (χ3v) is 4.37. The van der Waals surface area contributed by atoms with Crippen LogP contribution in [0.3, 0.4) is 0 Å². The molecule has 1 aliphatic rings. The summed E-state index contributed by atoms with van der Waals surface area (Å²) in [4.78, 5) is 21.8. The first-order chi connectivity index (χ1) is 11.5. The van der Waals surface area contributed by atoms with Crippen LogP contribution in [0.1, 0.15) is 18.9 Å². The Hall–Kier alpha value is -2.50. The fourth-order valence-electron chi connectivity index (χ4n) is 2.93. The second-order valence-corrected chi connectivity index (χ2v) is 6.26. The van der Waals surface area contributed by atoms with E-state index < -0.39 is 0 Å². The van der Waals surface area contributed by atoms with E-state index in [0.29, 0.717) is 23.7 Å². The summed E-state index contributed by atoms with van der Waals surface area (Å²) in [5.74, 6) is 1.03. The van der Waals surface area contributed by atoms with Crippen molar-refractivity contribution in [3.8, 4) is 11.3 Å². The molecule has 1 aromatic heterocycles. The van der Waals surface area contributed by atoms with E-state index in [1.54, 1.807) is 13.0 Å². The van der Waals surface area contributed by atoms with Crippen molar-refractivity contribution >= 4 is 11.7 Å². The van der Waals surface area contributed by atoms with Crippen LogP contribution in [0.25, 0.3) is 11.3 Å². The molecule has 0 spiro atoms. The van der Waals surface area contributed by atoms with Crippen LogP contribution in [0.2, 0.25) is 0 Å². The van der Waals surface area contributed by atoms with E-state index >= 15 is 0 Å². The summed E-state index contributed by atoms with van der Waals surface area (Å²) in [6, 6.07) is 7.02. The number of amides is 1. The molecule has 1 aromatic carbocycles. The number of aromatic nitrogens is 2. The number of halogens is 1. The van der Waals surface area contributed by atoms with Gasteiger partial charge in [0.25, 0.3) is 0 Å². The summed E-state index contributed by atoms with van der Waals surface area (Å²) in [7, 11) is 0. The number of nitrogens with zero attached hydrogens (tertiary/aromatic N) is 3. The highest BCUT2D eigenvalue weighted by atomic mass is 19.1. The lowest BCUT2D eigenvalue weighted by molar-refractivity contribution is -0.119. The first-order valence-corrected chi connectivity index (χ1v) is 8.11. The number of hydrogen-bond donors (Lipinski definition) is 1. The van der Waals surface area contributed by atoms with Crippen molar-refractivity contribution in [3.63, 3.8) is 0 Å². The number of hydrogen-bond acceptors (Lipinski definition) is 4. The number of aryl methyl sites for hydroxylation is 1. The number of carbonyl (C=O) groups is 1. The van der Waals surface area contributed by atoms with Crippen molar-refractivity contribution in [2.45, 2.75) is 20.3 Å². The van der Waals surface area contributed by atoms with Crippen LogP contribution in [-0.2, 0) is 4.79 Å². The number of carbonyl (C=O) groups excluding carboxylic acids is 1. The van der Waals surface area contributed by atoms with Gasteiger partial charge >= 0.3 is 0 Å². The Morgan fingerprint density at radius 3 is 2.96 bits per heavy atom. The molecule has 1 amide bonds. The van der Waals surface area contributed by atoms with Crippen LogP contribution in [0.4, 0.5) is 10.2 Å². The quantitative estimate of drug-likeness (QED) is 0.937. The average Bonchev–Trinajstić information content (AvgIpc) is 3.05. The van der Waals surface area contributed by atoms with Gasteiger partial charge in [-0.15, -0.1) is 0 Å². The second-order valence-electron chi connectivity index (χ2n) is 6.26. The van der Waals surface area contributed by atoms with Crippen molar-refractivity contribution in [2.75, 3.05) is 24.5 Å². The average molecular weight is 328 g/mol. The highest BCUT2D eigenvalue weighted by Gasteiger charge is 2.24. The molecule has 1 N–H and O–H groups in total. The summed E-state index contributed by atoms with van der Waals surface area (Å²) >= 11 is 0. The fourth-order valence-corrected chi connectivity index (χ4v) is 2.93. The van der Waals surface area contributed by atoms with E-state index in [4.69, 9.17) is 0 Å². The van der Waals surface area contributed by atoms with Crippen LogP contribution in [0, 0.1) is 18.7 Å². The summed E-state index contributed by atoms with van der Waals surface area (Å²) in [5.41, 5.74) is 2.08. The molecule has 1 unspecified atom stereocenters. The summed E-state index contributed by atoms with van der Waals surface area (Å²) < 4.78 is 13.8. The van der Waals surface area contributed by atoms with E-state index in [0.717, 1.165) is 30.9 Å². The molecular weight excluding hydrogens is 307 g/mol. The zero-order chi connectivity index (χ0) is 17.1. The fraction of sp³-hybridized carbons (Fsp3) is 0.389. The molecule has 6 heteroatoms. The first kappa shape index (κ1) is 16.4. The van der Waals surface area contributed by atoms with Crippen LogP contribution in [0.5, 0.6) is 0 Å². The van der Waals surface area contributed by atoms with Gasteiger partial charge in [0.15, 0.2) is 0 Å². The third-order valence-electron chi connectivity index (χ3n) is 4.37. The van der Waals surface area contributed by atoms with Crippen molar-refractivity contribution < 1.29 is 9.18 Å². The molecule has 24 heavy (non-hydrogen) atoms. The topological polar surface area (TPSA) is 58.1 Å². The van der Waals surface area contributed by atoms with Gasteiger partial charge in [-0.25, -0.2) is 14.4 Å². The largest absolute Gasteiger partial charge is 0.356 e. The standard InChI is InChI=1S/C18H21FN4O/c1-12-3-4-15(7-16(12)19)17-8-18(22-11-21-17)23-6-5-14(10-23)9-20-13(2)24/h3-4,7-8,11,14H,5-6,9-10H2,1-2H3,(H,20,24). The molecule has 2 aromatic rings. The molecular formula is C18H21FN4O. The van der Waals surface area contributed by atoms with E-state index in [1.807, 2.05) is 12.1 Å². The second kappa shape index (κ2) is 6.95. The van der Waals surface area contributed by atoms with Crippen molar-refractivity contribution in [1.82, 2.24) is 15.3 Å². The highest BCUT2D eigenvalue weighted by Crippen LogP contribution is 2.26. The van der Waals surface area contributed by atoms with Crippen LogP contribution < -0.4 is 10.2 Å². The third kappa shape index (κ3) is 3.69. The van der Waals surface area contributed by atoms with E-state index in [1.165, 1.54) is 19.3 Å². The highest BCUT2D eigenvalue weighted by molar-refractivity contribution is 5.72. The van der Waals surface area contributed by atoms with Crippen molar-refractivity contribution in [1.29, 1.82) is 0 Å². The lowest BCUT2D eigenvalue weighted by Gasteiger charge is -2.18. The minimum Gasteiger partial charge on any atom is -0.356 e. The zero-order valence-corrected chi connectivity index (χ0v) is 13.9. The molecule has 1 fully saturated rings. The molecule has 0 radical (unpaired) electrons. The molecule has 2 heterocycles. The maximum Gasteiger partial charge on any atom is 0.216 e. The van der Waals surface area contributed by atoms with Gasteiger partial charge < -0.3 is 10.2 Å². The lowest BCUT2D eigenvalue weighted by atomic mass is 10.1. The van der Waals surface area contributed by atoms with Gasteiger partial charge in [-0.1, -0.05) is 12.1 Å². The van der Waals surface area contributed by atoms with Gasteiger partial charge in [-0.05, 0) is 30.9 Å². The molecule has 3 rings (SSSR count). The predicted molar refractivity (Wildman–Crippen MR) is 91.2 cm³/mol. The maximum absolute atomic E-state index is 13.8. The van der Waals surface area contributed by atoms with Gasteiger partial charge in [0.2, 0.25) is 5.91 Å². The predicted octanol–water partition coefficient (Wildman–Crippen LogP) is 2.55. The molecule has 0 aliphatic carbocycles. The van der Waals surface area contributed by atoms with Crippen LogP contribution >= 0.6 is 0 Å². The van der Waals surface area contributed by atoms with Crippen LogP contribution in [-0.4, -0.2) is 35.5 Å². The Bertz CT molecular complexity index is 750. The van der Waals surface area contributed by atoms with Crippen molar-refractivity contribution in [3.05, 3.63) is 42.0 Å². The minimum absolute atomic E-state index is 0.000768. The lowest BCUT2D eigenvalue weighted by Crippen LogP contribution is -2.29. The molecule has 1 aliphatic heterocycles. The van der Waals surface area contributed by atoms with Crippen LogP contribution in [0.15, 0.2) is 30.6 Å². The number of rotatable bonds is 4. The summed E-state index contributed by atoms with van der Waals surface area (Å²) in [5, 5.41) is 2.87. The first-order valence-electron chi connectivity index (χ1n) is 8.11. The van der Waals surface area contributed by atoms with E-state index in [9.17, 15) is 9.18 Å². The zero-order valence-electron chi connectivity index (χ0n) is 13.9. The van der Waals surface area contributed by atoms with Gasteiger partial charge in [-0.2, -0.15) is 0 Å². The Labute approximate surface area is 140 Å². The molecule has 0 bridgehead atoms. The van der Waals surface area contributed by atoms with Crippen molar-refractivity contribution in [2.24, 2.45) is 5.92 Å². The Kier molecular flexibility index (Phi) is 4.74. The van der Waals surface area contributed by atoms with E-state index in [2.05, 4.69) is 20.2 Å². The SMILES string of the molecule is CC(=O)NCC1CCN(c2cc(-c3ccc(C)c(F)c3)ncn2)C1. The van der Waals surface area contributed by atoms with E-state index in [-0.39, 0.29) is 11.7 Å². The number of nitrogens with one attached hydrogen (secondary N) is 1. The monoisotopic (exact) mass is 328 g/mol. The molecule has 126 valence electrons. The van der Waals surface area contributed by atoms with Gasteiger partial charge in [-0.3, -0.25) is 4.79 Å². The Morgan fingerprint density at radius 2 is 2.21 bits per heavy atom. The number of anilines is 1. The minimum atomic E-state index is -0.232. The van der Waals surface area contributed by atoms with Gasteiger partial charge in [0, 0.05) is 38.2 Å². The maximum atomic E-state index is 13.8.